The largest absolute Gasteiger partial charge is 0.297 e. The number of aryl methyl sites for hydroxylation is 1. The van der Waals surface area contributed by atoms with E-state index in [1.54, 1.807) is 6.08 Å². The molecule has 2 aromatic rings. The highest BCUT2D eigenvalue weighted by molar-refractivity contribution is 9.10. The Morgan fingerprint density at radius 1 is 1.42 bits per heavy atom. The molecular formula is C13H12BrN3OS. The highest BCUT2D eigenvalue weighted by Gasteiger charge is 2.04. The van der Waals surface area contributed by atoms with E-state index in [1.807, 2.05) is 31.2 Å². The molecule has 0 saturated heterocycles. The Balaban J connectivity index is 1.99. The third-order valence-corrected chi connectivity index (χ3v) is 4.02. The summed E-state index contributed by atoms with van der Waals surface area (Å²) in [5, 5.41) is 12.0. The summed E-state index contributed by atoms with van der Waals surface area (Å²) in [6, 6.07) is 7.69. The molecule has 98 valence electrons. The second-order valence-corrected chi connectivity index (χ2v) is 5.62. The van der Waals surface area contributed by atoms with E-state index >= 15 is 0 Å². The predicted octanol–water partition coefficient (Wildman–Crippen LogP) is 3.51. The molecule has 0 radical (unpaired) electrons. The van der Waals surface area contributed by atoms with E-state index in [2.05, 4.69) is 31.4 Å². The smallest absolute Gasteiger partial charge is 0.250 e. The van der Waals surface area contributed by atoms with Crippen molar-refractivity contribution < 1.29 is 4.79 Å². The van der Waals surface area contributed by atoms with Crippen LogP contribution in [0.2, 0.25) is 0 Å². The van der Waals surface area contributed by atoms with Crippen LogP contribution in [0.3, 0.4) is 0 Å². The van der Waals surface area contributed by atoms with Gasteiger partial charge in [0, 0.05) is 10.5 Å². The third-order valence-electron chi connectivity index (χ3n) is 2.32. The number of carbonyl (C=O) groups is 1. The number of aromatic nitrogens is 2. The molecule has 1 aromatic heterocycles. The SMILES string of the molecule is CCc1nnc(NC(=O)C=Cc2ccccc2Br)s1. The minimum Gasteiger partial charge on any atom is -0.297 e. The molecule has 1 aromatic carbocycles. The molecule has 0 aliphatic heterocycles. The standard InChI is InChI=1S/C13H12BrN3OS/c1-2-12-16-17-13(19-12)15-11(18)8-7-9-5-3-4-6-10(9)14/h3-8H,2H2,1H3,(H,15,17,18). The quantitative estimate of drug-likeness (QED) is 0.868. The Bertz CT molecular complexity index is 609. The summed E-state index contributed by atoms with van der Waals surface area (Å²) in [5.74, 6) is -0.213. The molecule has 4 nitrogen and oxygen atoms in total. The topological polar surface area (TPSA) is 54.9 Å². The number of carbonyl (C=O) groups excluding carboxylic acids is 1. The first-order valence-electron chi connectivity index (χ1n) is 5.75. The number of benzene rings is 1. The maximum atomic E-state index is 11.7. The first-order chi connectivity index (χ1) is 9.19. The highest BCUT2D eigenvalue weighted by Crippen LogP contribution is 2.18. The van der Waals surface area contributed by atoms with Gasteiger partial charge in [-0.05, 0) is 24.1 Å². The molecule has 1 heterocycles. The van der Waals surface area contributed by atoms with Gasteiger partial charge >= 0.3 is 0 Å². The van der Waals surface area contributed by atoms with E-state index in [0.717, 1.165) is 21.5 Å². The van der Waals surface area contributed by atoms with Crippen LogP contribution in [0, 0.1) is 0 Å². The maximum Gasteiger partial charge on any atom is 0.250 e. The van der Waals surface area contributed by atoms with E-state index in [4.69, 9.17) is 0 Å². The van der Waals surface area contributed by atoms with E-state index in [1.165, 1.54) is 17.4 Å². The zero-order valence-electron chi connectivity index (χ0n) is 10.3. The van der Waals surface area contributed by atoms with E-state index in [9.17, 15) is 4.79 Å². The molecular weight excluding hydrogens is 326 g/mol. The molecule has 0 aliphatic carbocycles. The van der Waals surface area contributed by atoms with Crippen LogP contribution in [0.15, 0.2) is 34.8 Å². The van der Waals surface area contributed by atoms with Crippen molar-refractivity contribution in [1.82, 2.24) is 10.2 Å². The van der Waals surface area contributed by atoms with Gasteiger partial charge in [-0.1, -0.05) is 52.4 Å². The zero-order valence-corrected chi connectivity index (χ0v) is 12.7. The predicted molar refractivity (Wildman–Crippen MR) is 81.1 cm³/mol. The maximum absolute atomic E-state index is 11.7. The average molecular weight is 338 g/mol. The van der Waals surface area contributed by atoms with Crippen molar-refractivity contribution in [3.63, 3.8) is 0 Å². The molecule has 0 fully saturated rings. The van der Waals surface area contributed by atoms with Crippen molar-refractivity contribution in [2.24, 2.45) is 0 Å². The molecule has 0 aliphatic rings. The molecule has 1 amide bonds. The number of nitrogens with one attached hydrogen (secondary N) is 1. The number of halogens is 1. The van der Waals surface area contributed by atoms with Crippen molar-refractivity contribution in [1.29, 1.82) is 0 Å². The van der Waals surface area contributed by atoms with Gasteiger partial charge in [0.2, 0.25) is 11.0 Å². The summed E-state index contributed by atoms with van der Waals surface area (Å²) in [5.41, 5.74) is 0.948. The highest BCUT2D eigenvalue weighted by atomic mass is 79.9. The molecule has 6 heteroatoms. The van der Waals surface area contributed by atoms with Gasteiger partial charge in [0.1, 0.15) is 5.01 Å². The third kappa shape index (κ3) is 3.97. The van der Waals surface area contributed by atoms with Gasteiger partial charge in [-0.3, -0.25) is 10.1 Å². The van der Waals surface area contributed by atoms with Gasteiger partial charge in [-0.15, -0.1) is 10.2 Å². The Hall–Kier alpha value is -1.53. The molecule has 0 bridgehead atoms. The van der Waals surface area contributed by atoms with Gasteiger partial charge < -0.3 is 0 Å². The lowest BCUT2D eigenvalue weighted by Gasteiger charge is -1.97. The van der Waals surface area contributed by atoms with Crippen molar-refractivity contribution >= 4 is 44.4 Å². The van der Waals surface area contributed by atoms with Crippen LogP contribution in [0.5, 0.6) is 0 Å². The molecule has 2 rings (SSSR count). The van der Waals surface area contributed by atoms with E-state index in [-0.39, 0.29) is 5.91 Å². The van der Waals surface area contributed by atoms with Crippen molar-refractivity contribution in [3.8, 4) is 0 Å². The lowest BCUT2D eigenvalue weighted by atomic mass is 10.2. The summed E-state index contributed by atoms with van der Waals surface area (Å²) >= 11 is 4.81. The number of hydrogen-bond donors (Lipinski definition) is 1. The van der Waals surface area contributed by atoms with Gasteiger partial charge in [-0.2, -0.15) is 0 Å². The normalized spacial score (nSPS) is 10.8. The first-order valence-corrected chi connectivity index (χ1v) is 7.36. The Labute approximate surface area is 123 Å². The van der Waals surface area contributed by atoms with Gasteiger partial charge in [0.25, 0.3) is 0 Å². The minimum absolute atomic E-state index is 0.213. The number of anilines is 1. The van der Waals surface area contributed by atoms with Crippen LogP contribution in [0.4, 0.5) is 5.13 Å². The summed E-state index contributed by atoms with van der Waals surface area (Å²) < 4.78 is 0.947. The van der Waals surface area contributed by atoms with Crippen LogP contribution in [0.25, 0.3) is 6.08 Å². The molecule has 0 saturated carbocycles. The minimum atomic E-state index is -0.213. The average Bonchev–Trinajstić information content (AvgIpc) is 2.85. The van der Waals surface area contributed by atoms with Crippen LogP contribution in [0.1, 0.15) is 17.5 Å². The van der Waals surface area contributed by atoms with Crippen LogP contribution in [-0.4, -0.2) is 16.1 Å². The van der Waals surface area contributed by atoms with Crippen molar-refractivity contribution in [3.05, 3.63) is 45.4 Å². The Kier molecular flexibility index (Phi) is 4.81. The second-order valence-electron chi connectivity index (χ2n) is 3.70. The van der Waals surface area contributed by atoms with Gasteiger partial charge in [-0.25, -0.2) is 0 Å². The van der Waals surface area contributed by atoms with E-state index in [0.29, 0.717) is 5.13 Å². The molecule has 0 spiro atoms. The lowest BCUT2D eigenvalue weighted by Crippen LogP contribution is -2.07. The number of amides is 1. The fraction of sp³-hybridized carbons (Fsp3) is 0.154. The fourth-order valence-corrected chi connectivity index (χ4v) is 2.47. The Morgan fingerprint density at radius 3 is 2.89 bits per heavy atom. The number of hydrogen-bond acceptors (Lipinski definition) is 4. The lowest BCUT2D eigenvalue weighted by molar-refractivity contribution is -0.111. The van der Waals surface area contributed by atoms with E-state index < -0.39 is 0 Å². The Morgan fingerprint density at radius 2 is 2.21 bits per heavy atom. The van der Waals surface area contributed by atoms with Gasteiger partial charge in [0.15, 0.2) is 0 Å². The first kappa shape index (κ1) is 13.9. The summed E-state index contributed by atoms with van der Waals surface area (Å²) in [6.07, 6.45) is 4.05. The molecule has 0 unspecified atom stereocenters. The fourth-order valence-electron chi connectivity index (χ4n) is 1.37. The van der Waals surface area contributed by atoms with Crippen molar-refractivity contribution in [2.75, 3.05) is 5.32 Å². The monoisotopic (exact) mass is 337 g/mol. The van der Waals surface area contributed by atoms with Gasteiger partial charge in [0.05, 0.1) is 0 Å². The summed E-state index contributed by atoms with van der Waals surface area (Å²) in [6.45, 7) is 2.00. The second kappa shape index (κ2) is 6.58. The molecule has 19 heavy (non-hydrogen) atoms. The van der Waals surface area contributed by atoms with Crippen molar-refractivity contribution in [2.45, 2.75) is 13.3 Å². The molecule has 0 atom stereocenters. The number of rotatable bonds is 4. The van der Waals surface area contributed by atoms with Crippen LogP contribution in [-0.2, 0) is 11.2 Å². The zero-order chi connectivity index (χ0) is 13.7. The van der Waals surface area contributed by atoms with Crippen LogP contribution < -0.4 is 5.32 Å². The number of nitrogens with zero attached hydrogens (tertiary/aromatic N) is 2. The summed E-state index contributed by atoms with van der Waals surface area (Å²) in [7, 11) is 0. The molecule has 1 N–H and O–H groups in total. The van der Waals surface area contributed by atoms with Crippen LogP contribution >= 0.6 is 27.3 Å². The summed E-state index contributed by atoms with van der Waals surface area (Å²) in [4.78, 5) is 11.7.